The van der Waals surface area contributed by atoms with Gasteiger partial charge in [0.1, 0.15) is 5.76 Å². The van der Waals surface area contributed by atoms with Crippen LogP contribution in [0.25, 0.3) is 11.3 Å². The number of hydrogen-bond donors (Lipinski definition) is 0. The second kappa shape index (κ2) is 6.16. The maximum absolute atomic E-state index is 12.1. The van der Waals surface area contributed by atoms with E-state index < -0.39 is 5.97 Å². The second-order valence-corrected chi connectivity index (χ2v) is 5.99. The van der Waals surface area contributed by atoms with Gasteiger partial charge in [-0.2, -0.15) is 15.3 Å². The number of esters is 1. The highest BCUT2D eigenvalue weighted by Crippen LogP contribution is 2.38. The molecule has 0 radical (unpaired) electrons. The van der Waals surface area contributed by atoms with Gasteiger partial charge in [0.05, 0.1) is 24.5 Å². The van der Waals surface area contributed by atoms with Crippen LogP contribution in [0.3, 0.4) is 0 Å². The van der Waals surface area contributed by atoms with Gasteiger partial charge in [-0.25, -0.2) is 4.79 Å². The van der Waals surface area contributed by atoms with Gasteiger partial charge in [-0.15, -0.1) is 0 Å². The lowest BCUT2D eigenvalue weighted by atomic mass is 9.94. The summed E-state index contributed by atoms with van der Waals surface area (Å²) in [5, 5.41) is 12.7. The van der Waals surface area contributed by atoms with Gasteiger partial charge >= 0.3 is 5.97 Å². The molecule has 0 unspecified atom stereocenters. The molecule has 3 aromatic rings. The summed E-state index contributed by atoms with van der Waals surface area (Å²) in [7, 11) is 0. The molecule has 0 saturated carbocycles. The number of fused-ring (bicyclic) bond motifs is 3. The largest absolute Gasteiger partial charge is 0.460 e. The van der Waals surface area contributed by atoms with Gasteiger partial charge in [0.25, 0.3) is 0 Å². The zero-order valence-electron chi connectivity index (χ0n) is 14.2. The van der Waals surface area contributed by atoms with Gasteiger partial charge in [0, 0.05) is 29.9 Å². The van der Waals surface area contributed by atoms with Crippen LogP contribution in [0.15, 0.2) is 28.9 Å². The summed E-state index contributed by atoms with van der Waals surface area (Å²) in [6.45, 7) is 4.53. The number of carbonyl (C=O) groups is 1. The van der Waals surface area contributed by atoms with Crippen LogP contribution in [0.1, 0.15) is 40.1 Å². The molecule has 4 rings (SSSR count). The Labute approximate surface area is 144 Å². The zero-order valence-corrected chi connectivity index (χ0v) is 14.2. The molecular weight excluding hydrogens is 320 g/mol. The molecule has 128 valence electrons. The van der Waals surface area contributed by atoms with Crippen LogP contribution < -0.4 is 0 Å². The molecule has 0 bridgehead atoms. The van der Waals surface area contributed by atoms with Crippen molar-refractivity contribution in [3.8, 4) is 11.3 Å². The minimum absolute atomic E-state index is 0.281. The molecule has 3 heterocycles. The molecule has 0 atom stereocenters. The lowest BCUT2D eigenvalue weighted by Crippen LogP contribution is -2.05. The standard InChI is InChI=1S/C18H18N4O3/c1-3-24-18(23)17-11(2)15-14(25-17)7-6-12-9-22(21-16(12)15)10-13-5-4-8-19-20-13/h4-5,8-9H,3,6-7,10H2,1-2H3. The molecule has 7 nitrogen and oxygen atoms in total. The molecule has 0 aromatic carbocycles. The van der Waals surface area contributed by atoms with Crippen molar-refractivity contribution in [1.29, 1.82) is 0 Å². The van der Waals surface area contributed by atoms with Crippen LogP contribution in [0.2, 0.25) is 0 Å². The predicted molar refractivity (Wildman–Crippen MR) is 89.2 cm³/mol. The van der Waals surface area contributed by atoms with Gasteiger partial charge in [-0.3, -0.25) is 4.68 Å². The number of furan rings is 1. The SMILES string of the molecule is CCOC(=O)c1oc2c(c1C)-c1nn(Cc3cccnn3)cc1CC2. The summed E-state index contributed by atoms with van der Waals surface area (Å²) in [6, 6.07) is 3.77. The summed E-state index contributed by atoms with van der Waals surface area (Å²) in [6.07, 6.45) is 5.26. The zero-order chi connectivity index (χ0) is 17.4. The maximum Gasteiger partial charge on any atom is 0.374 e. The van der Waals surface area contributed by atoms with E-state index in [1.807, 2.05) is 29.9 Å². The molecule has 3 aromatic heterocycles. The van der Waals surface area contributed by atoms with Crippen molar-refractivity contribution >= 4 is 5.97 Å². The number of carbonyl (C=O) groups excluding carboxylic acids is 1. The third kappa shape index (κ3) is 2.71. The molecule has 1 aliphatic rings. The number of hydrogen-bond acceptors (Lipinski definition) is 6. The first-order valence-corrected chi connectivity index (χ1v) is 8.30. The molecule has 1 aliphatic carbocycles. The fourth-order valence-electron chi connectivity index (χ4n) is 3.22. The Bertz CT molecular complexity index is 927. The quantitative estimate of drug-likeness (QED) is 0.680. The van der Waals surface area contributed by atoms with Crippen molar-refractivity contribution in [3.05, 3.63) is 52.9 Å². The Morgan fingerprint density at radius 2 is 2.28 bits per heavy atom. The normalized spacial score (nSPS) is 12.6. The van der Waals surface area contributed by atoms with E-state index in [9.17, 15) is 4.79 Å². The highest BCUT2D eigenvalue weighted by molar-refractivity contribution is 5.91. The summed E-state index contributed by atoms with van der Waals surface area (Å²) >= 11 is 0. The Kier molecular flexibility index (Phi) is 3.83. The smallest absolute Gasteiger partial charge is 0.374 e. The summed E-state index contributed by atoms with van der Waals surface area (Å²) in [5.41, 5.74) is 4.58. The molecule has 0 spiro atoms. The highest BCUT2D eigenvalue weighted by atomic mass is 16.5. The fraction of sp³-hybridized carbons (Fsp3) is 0.333. The van der Waals surface area contributed by atoms with Crippen LogP contribution in [-0.2, 0) is 24.1 Å². The van der Waals surface area contributed by atoms with Gasteiger partial charge in [0.2, 0.25) is 5.76 Å². The average molecular weight is 338 g/mol. The number of aromatic nitrogens is 4. The van der Waals surface area contributed by atoms with E-state index in [0.717, 1.165) is 46.7 Å². The van der Waals surface area contributed by atoms with E-state index in [4.69, 9.17) is 14.3 Å². The minimum atomic E-state index is -0.421. The molecular formula is C18H18N4O3. The lowest BCUT2D eigenvalue weighted by molar-refractivity contribution is 0.0487. The first-order valence-electron chi connectivity index (χ1n) is 8.30. The average Bonchev–Trinajstić information content (AvgIpc) is 3.16. The minimum Gasteiger partial charge on any atom is -0.460 e. The van der Waals surface area contributed by atoms with Gasteiger partial charge in [-0.05, 0) is 38.0 Å². The highest BCUT2D eigenvalue weighted by Gasteiger charge is 2.30. The van der Waals surface area contributed by atoms with Crippen LogP contribution >= 0.6 is 0 Å². The van der Waals surface area contributed by atoms with Crippen LogP contribution in [0.4, 0.5) is 0 Å². The first kappa shape index (κ1) is 15.6. The molecule has 25 heavy (non-hydrogen) atoms. The monoisotopic (exact) mass is 338 g/mol. The van der Waals surface area contributed by atoms with Crippen LogP contribution in [-0.4, -0.2) is 32.6 Å². The van der Waals surface area contributed by atoms with Crippen molar-refractivity contribution in [2.45, 2.75) is 33.2 Å². The van der Waals surface area contributed by atoms with Crippen LogP contribution in [0, 0.1) is 6.92 Å². The van der Waals surface area contributed by atoms with Crippen LogP contribution in [0.5, 0.6) is 0 Å². The number of nitrogens with zero attached hydrogens (tertiary/aromatic N) is 4. The van der Waals surface area contributed by atoms with E-state index in [2.05, 4.69) is 10.2 Å². The Hall–Kier alpha value is -2.96. The molecule has 0 saturated heterocycles. The first-order chi connectivity index (χ1) is 12.2. The van der Waals surface area contributed by atoms with Crippen molar-refractivity contribution in [1.82, 2.24) is 20.0 Å². The number of aryl methyl sites for hydroxylation is 2. The van der Waals surface area contributed by atoms with Gasteiger partial charge in [0.15, 0.2) is 0 Å². The molecule has 7 heteroatoms. The number of ether oxygens (including phenoxy) is 1. The van der Waals surface area contributed by atoms with Gasteiger partial charge in [-0.1, -0.05) is 0 Å². The van der Waals surface area contributed by atoms with E-state index >= 15 is 0 Å². The van der Waals surface area contributed by atoms with E-state index in [1.54, 1.807) is 13.1 Å². The Morgan fingerprint density at radius 1 is 1.40 bits per heavy atom. The second-order valence-electron chi connectivity index (χ2n) is 5.99. The molecule has 0 aliphatic heterocycles. The topological polar surface area (TPSA) is 83.0 Å². The third-order valence-corrected chi connectivity index (χ3v) is 4.33. The summed E-state index contributed by atoms with van der Waals surface area (Å²) < 4.78 is 12.7. The summed E-state index contributed by atoms with van der Waals surface area (Å²) in [4.78, 5) is 12.1. The van der Waals surface area contributed by atoms with Crippen molar-refractivity contribution in [2.75, 3.05) is 6.61 Å². The third-order valence-electron chi connectivity index (χ3n) is 4.33. The molecule has 0 fully saturated rings. The van der Waals surface area contributed by atoms with Crippen molar-refractivity contribution < 1.29 is 13.9 Å². The lowest BCUT2D eigenvalue weighted by Gasteiger charge is -2.09. The van der Waals surface area contributed by atoms with Gasteiger partial charge < -0.3 is 9.15 Å². The van der Waals surface area contributed by atoms with Crippen molar-refractivity contribution in [3.63, 3.8) is 0 Å². The van der Waals surface area contributed by atoms with E-state index in [-0.39, 0.29) is 5.76 Å². The Balaban J connectivity index is 1.70. The molecule has 0 N–H and O–H groups in total. The predicted octanol–water partition coefficient (Wildman–Crippen LogP) is 2.57. The van der Waals surface area contributed by atoms with E-state index in [0.29, 0.717) is 13.2 Å². The maximum atomic E-state index is 12.1. The number of rotatable bonds is 4. The van der Waals surface area contributed by atoms with Crippen molar-refractivity contribution in [2.24, 2.45) is 0 Å². The Morgan fingerprint density at radius 3 is 3.04 bits per heavy atom. The summed E-state index contributed by atoms with van der Waals surface area (Å²) in [5.74, 6) is 0.663. The fourth-order valence-corrected chi connectivity index (χ4v) is 3.22. The molecule has 0 amide bonds. The van der Waals surface area contributed by atoms with E-state index in [1.165, 1.54) is 0 Å².